The molecule has 1 rings (SSSR count). The normalized spacial score (nSPS) is 28.1. The summed E-state index contributed by atoms with van der Waals surface area (Å²) in [5.74, 6) is 0.344. The van der Waals surface area contributed by atoms with Crippen LogP contribution in [0.3, 0.4) is 0 Å². The topological polar surface area (TPSA) is 49.3 Å². The molecule has 0 heterocycles. The number of hydrogen-bond donors (Lipinski definition) is 2. The molecule has 0 aliphatic heterocycles. The van der Waals surface area contributed by atoms with Crippen molar-refractivity contribution >= 4 is 17.7 Å². The second kappa shape index (κ2) is 5.61. The zero-order valence-electron chi connectivity index (χ0n) is 8.82. The lowest BCUT2D eigenvalue weighted by molar-refractivity contribution is -0.146. The molecule has 3 atom stereocenters. The van der Waals surface area contributed by atoms with Crippen molar-refractivity contribution in [3.05, 3.63) is 0 Å². The van der Waals surface area contributed by atoms with Gasteiger partial charge in [-0.15, -0.1) is 0 Å². The Bertz CT molecular complexity index is 199. The molecule has 0 aromatic heterocycles. The van der Waals surface area contributed by atoms with Crippen LogP contribution in [0.2, 0.25) is 0 Å². The lowest BCUT2D eigenvalue weighted by atomic mass is 9.79. The second-order valence-electron chi connectivity index (χ2n) is 3.98. The van der Waals surface area contributed by atoms with Crippen LogP contribution < -0.4 is 5.32 Å². The Balaban J connectivity index is 2.20. The van der Waals surface area contributed by atoms with Crippen molar-refractivity contribution in [2.45, 2.75) is 38.3 Å². The molecule has 0 aromatic rings. The Morgan fingerprint density at radius 3 is 2.79 bits per heavy atom. The summed E-state index contributed by atoms with van der Waals surface area (Å²) in [6.07, 6.45) is 5.06. The second-order valence-corrected chi connectivity index (χ2v) is 4.96. The summed E-state index contributed by atoms with van der Waals surface area (Å²) in [4.78, 5) is 10.7. The van der Waals surface area contributed by atoms with Gasteiger partial charge in [0.2, 0.25) is 0 Å². The molecule has 0 radical (unpaired) electrons. The van der Waals surface area contributed by atoms with Gasteiger partial charge in [-0.3, -0.25) is 4.79 Å². The Kier molecular flexibility index (Phi) is 4.75. The van der Waals surface area contributed by atoms with Crippen molar-refractivity contribution in [2.75, 3.05) is 12.0 Å². The number of carboxylic acids is 1. The first-order valence-electron chi connectivity index (χ1n) is 5.13. The van der Waals surface area contributed by atoms with E-state index in [0.29, 0.717) is 6.04 Å². The average molecular weight is 217 g/mol. The largest absolute Gasteiger partial charge is 0.481 e. The quantitative estimate of drug-likeness (QED) is 0.709. The summed E-state index contributed by atoms with van der Waals surface area (Å²) in [5.41, 5.74) is 0. The highest BCUT2D eigenvalue weighted by atomic mass is 32.2. The monoisotopic (exact) mass is 217 g/mol. The number of rotatable bonds is 6. The van der Waals surface area contributed by atoms with E-state index in [9.17, 15) is 4.79 Å². The lowest BCUT2D eigenvalue weighted by Crippen LogP contribution is -2.50. The molecule has 3 unspecified atom stereocenters. The molecule has 82 valence electrons. The predicted molar refractivity (Wildman–Crippen MR) is 59.7 cm³/mol. The average Bonchev–Trinajstić information content (AvgIpc) is 2.08. The van der Waals surface area contributed by atoms with Crippen LogP contribution in [0.4, 0.5) is 0 Å². The van der Waals surface area contributed by atoms with E-state index in [0.717, 1.165) is 25.0 Å². The SMILES string of the molecule is CSCCC(C)NC1CCC1C(=O)O. The summed E-state index contributed by atoms with van der Waals surface area (Å²) >= 11 is 1.83. The first-order valence-corrected chi connectivity index (χ1v) is 6.52. The molecule has 3 nitrogen and oxygen atoms in total. The molecular formula is C10H19NO2S. The number of hydrogen-bond acceptors (Lipinski definition) is 3. The maximum atomic E-state index is 10.7. The van der Waals surface area contributed by atoms with Gasteiger partial charge in [-0.1, -0.05) is 0 Å². The highest BCUT2D eigenvalue weighted by Crippen LogP contribution is 2.28. The van der Waals surface area contributed by atoms with E-state index >= 15 is 0 Å². The van der Waals surface area contributed by atoms with E-state index in [1.165, 1.54) is 0 Å². The van der Waals surface area contributed by atoms with Crippen LogP contribution >= 0.6 is 11.8 Å². The third kappa shape index (κ3) is 3.17. The highest BCUT2D eigenvalue weighted by Gasteiger charge is 2.36. The first-order chi connectivity index (χ1) is 6.65. The summed E-state index contributed by atoms with van der Waals surface area (Å²) in [6.45, 7) is 2.13. The fourth-order valence-electron chi connectivity index (χ4n) is 1.74. The number of carboxylic acid groups (broad SMARTS) is 1. The van der Waals surface area contributed by atoms with E-state index in [2.05, 4.69) is 18.5 Å². The molecule has 2 N–H and O–H groups in total. The molecule has 1 aliphatic rings. The van der Waals surface area contributed by atoms with E-state index in [-0.39, 0.29) is 12.0 Å². The maximum absolute atomic E-state index is 10.7. The van der Waals surface area contributed by atoms with Crippen molar-refractivity contribution in [3.63, 3.8) is 0 Å². The minimum Gasteiger partial charge on any atom is -0.481 e. The van der Waals surface area contributed by atoms with Crippen LogP contribution in [-0.4, -0.2) is 35.2 Å². The molecule has 1 fully saturated rings. The molecule has 0 bridgehead atoms. The van der Waals surface area contributed by atoms with Crippen LogP contribution in [-0.2, 0) is 4.79 Å². The predicted octanol–water partition coefficient (Wildman–Crippen LogP) is 1.58. The Morgan fingerprint density at radius 2 is 2.36 bits per heavy atom. The zero-order chi connectivity index (χ0) is 10.6. The molecule has 0 saturated heterocycles. The summed E-state index contributed by atoms with van der Waals surface area (Å²) in [6, 6.07) is 0.652. The van der Waals surface area contributed by atoms with E-state index < -0.39 is 5.97 Å². The smallest absolute Gasteiger partial charge is 0.308 e. The van der Waals surface area contributed by atoms with Crippen LogP contribution in [0.15, 0.2) is 0 Å². The summed E-state index contributed by atoms with van der Waals surface area (Å²) in [7, 11) is 0. The van der Waals surface area contributed by atoms with Gasteiger partial charge in [-0.05, 0) is 38.2 Å². The molecule has 4 heteroatoms. The third-order valence-electron chi connectivity index (χ3n) is 2.85. The fraction of sp³-hybridized carbons (Fsp3) is 0.900. The van der Waals surface area contributed by atoms with E-state index in [1.54, 1.807) is 0 Å². The van der Waals surface area contributed by atoms with Crippen molar-refractivity contribution in [1.82, 2.24) is 5.32 Å². The number of nitrogens with one attached hydrogen (secondary N) is 1. The van der Waals surface area contributed by atoms with Gasteiger partial charge in [0.1, 0.15) is 0 Å². The van der Waals surface area contributed by atoms with Crippen molar-refractivity contribution < 1.29 is 9.90 Å². The standard InChI is InChI=1S/C10H19NO2S/c1-7(5-6-14-2)11-9-4-3-8(9)10(12)13/h7-9,11H,3-6H2,1-2H3,(H,12,13). The van der Waals surface area contributed by atoms with Crippen LogP contribution in [0, 0.1) is 5.92 Å². The fourth-order valence-corrected chi connectivity index (χ4v) is 2.33. The zero-order valence-corrected chi connectivity index (χ0v) is 9.64. The minimum atomic E-state index is -0.647. The van der Waals surface area contributed by atoms with Crippen LogP contribution in [0.5, 0.6) is 0 Å². The maximum Gasteiger partial charge on any atom is 0.308 e. The molecule has 14 heavy (non-hydrogen) atoms. The molecule has 1 aliphatic carbocycles. The first kappa shape index (κ1) is 11.9. The van der Waals surface area contributed by atoms with Gasteiger partial charge in [0.05, 0.1) is 5.92 Å². The van der Waals surface area contributed by atoms with Gasteiger partial charge in [0, 0.05) is 12.1 Å². The van der Waals surface area contributed by atoms with E-state index in [4.69, 9.17) is 5.11 Å². The Labute approximate surface area is 89.6 Å². The number of thioether (sulfide) groups is 1. The van der Waals surface area contributed by atoms with E-state index in [1.807, 2.05) is 11.8 Å². The van der Waals surface area contributed by atoms with Gasteiger partial charge in [0.15, 0.2) is 0 Å². The van der Waals surface area contributed by atoms with Crippen molar-refractivity contribution in [2.24, 2.45) is 5.92 Å². The van der Waals surface area contributed by atoms with Gasteiger partial charge in [-0.2, -0.15) is 11.8 Å². The molecule has 0 spiro atoms. The van der Waals surface area contributed by atoms with Gasteiger partial charge >= 0.3 is 5.97 Å². The van der Waals surface area contributed by atoms with Gasteiger partial charge < -0.3 is 10.4 Å². The minimum absolute atomic E-state index is 0.147. The molecule has 0 aromatic carbocycles. The summed E-state index contributed by atoms with van der Waals surface area (Å²) in [5, 5.41) is 12.2. The number of aliphatic carboxylic acids is 1. The summed E-state index contributed by atoms with van der Waals surface area (Å²) < 4.78 is 0. The Morgan fingerprint density at radius 1 is 1.64 bits per heavy atom. The van der Waals surface area contributed by atoms with Crippen molar-refractivity contribution in [1.29, 1.82) is 0 Å². The van der Waals surface area contributed by atoms with Crippen LogP contribution in [0.1, 0.15) is 26.2 Å². The van der Waals surface area contributed by atoms with Crippen molar-refractivity contribution in [3.8, 4) is 0 Å². The van der Waals surface area contributed by atoms with Crippen LogP contribution in [0.25, 0.3) is 0 Å². The number of carbonyl (C=O) groups is 1. The lowest BCUT2D eigenvalue weighted by Gasteiger charge is -2.36. The van der Waals surface area contributed by atoms with Gasteiger partial charge in [-0.25, -0.2) is 0 Å². The third-order valence-corrected chi connectivity index (χ3v) is 3.49. The molecule has 0 amide bonds. The highest BCUT2D eigenvalue weighted by molar-refractivity contribution is 7.98. The molecule has 1 saturated carbocycles. The Hall–Kier alpha value is -0.220. The van der Waals surface area contributed by atoms with Gasteiger partial charge in [0.25, 0.3) is 0 Å². The molecular weight excluding hydrogens is 198 g/mol.